The van der Waals surface area contributed by atoms with Crippen LogP contribution < -0.4 is 19.5 Å². The Labute approximate surface area is 179 Å². The molecule has 2 rings (SSSR count). The molecule has 0 saturated heterocycles. The maximum absolute atomic E-state index is 13.0. The summed E-state index contributed by atoms with van der Waals surface area (Å²) in [5.74, 6) is -0.146. The van der Waals surface area contributed by atoms with E-state index in [-0.39, 0.29) is 29.5 Å². The van der Waals surface area contributed by atoms with Gasteiger partial charge in [0.1, 0.15) is 5.75 Å². The summed E-state index contributed by atoms with van der Waals surface area (Å²) in [7, 11) is 0. The SMILES string of the molecule is CCOc1ccc(C(F)(F)F)cc1NC(=O)COc1c(Br)cc(C#N)cc1OCC. The second kappa shape index (κ2) is 10.2. The first-order valence-electron chi connectivity index (χ1n) is 8.82. The molecule has 1 N–H and O–H groups in total. The molecule has 0 radical (unpaired) electrons. The van der Waals surface area contributed by atoms with Gasteiger partial charge in [0.2, 0.25) is 0 Å². The van der Waals surface area contributed by atoms with Crippen LogP contribution in [-0.4, -0.2) is 25.7 Å². The highest BCUT2D eigenvalue weighted by atomic mass is 79.9. The van der Waals surface area contributed by atoms with E-state index in [1.807, 2.05) is 6.07 Å². The maximum Gasteiger partial charge on any atom is 0.416 e. The number of rotatable bonds is 8. The van der Waals surface area contributed by atoms with E-state index in [9.17, 15) is 18.0 Å². The van der Waals surface area contributed by atoms with Crippen molar-refractivity contribution in [3.63, 3.8) is 0 Å². The number of anilines is 1. The van der Waals surface area contributed by atoms with E-state index in [0.717, 1.165) is 18.2 Å². The van der Waals surface area contributed by atoms with Crippen molar-refractivity contribution in [2.75, 3.05) is 25.1 Å². The Bertz CT molecular complexity index is 958. The number of amides is 1. The van der Waals surface area contributed by atoms with Gasteiger partial charge in [0.25, 0.3) is 5.91 Å². The molecule has 2 aromatic carbocycles. The Balaban J connectivity index is 2.20. The minimum Gasteiger partial charge on any atom is -0.492 e. The van der Waals surface area contributed by atoms with Gasteiger partial charge in [-0.05, 0) is 54.0 Å². The fourth-order valence-electron chi connectivity index (χ4n) is 2.44. The van der Waals surface area contributed by atoms with Gasteiger partial charge in [-0.2, -0.15) is 18.4 Å². The lowest BCUT2D eigenvalue weighted by Crippen LogP contribution is -2.21. The smallest absolute Gasteiger partial charge is 0.416 e. The van der Waals surface area contributed by atoms with Crippen molar-refractivity contribution in [3.8, 4) is 23.3 Å². The lowest BCUT2D eigenvalue weighted by molar-refractivity contribution is -0.137. The fourth-order valence-corrected chi connectivity index (χ4v) is 3.00. The number of benzene rings is 2. The number of nitrogens with zero attached hydrogens (tertiary/aromatic N) is 1. The summed E-state index contributed by atoms with van der Waals surface area (Å²) in [5.41, 5.74) is -0.715. The van der Waals surface area contributed by atoms with Crippen LogP contribution in [0.25, 0.3) is 0 Å². The minimum atomic E-state index is -4.57. The first kappa shape index (κ1) is 23.3. The summed E-state index contributed by atoms with van der Waals surface area (Å²) in [6, 6.07) is 7.75. The average molecular weight is 487 g/mol. The topological polar surface area (TPSA) is 80.6 Å². The summed E-state index contributed by atoms with van der Waals surface area (Å²) in [4.78, 5) is 12.3. The van der Waals surface area contributed by atoms with Gasteiger partial charge in [0, 0.05) is 6.07 Å². The number of carbonyl (C=O) groups excluding carboxylic acids is 1. The summed E-state index contributed by atoms with van der Waals surface area (Å²) in [6.07, 6.45) is -4.57. The Morgan fingerprint density at radius 2 is 1.77 bits per heavy atom. The van der Waals surface area contributed by atoms with Crippen molar-refractivity contribution >= 4 is 27.5 Å². The number of alkyl halides is 3. The molecule has 0 atom stereocenters. The predicted molar refractivity (Wildman–Crippen MR) is 107 cm³/mol. The highest BCUT2D eigenvalue weighted by Gasteiger charge is 2.31. The molecule has 0 fully saturated rings. The van der Waals surface area contributed by atoms with Crippen molar-refractivity contribution in [1.29, 1.82) is 5.26 Å². The number of carbonyl (C=O) groups is 1. The highest BCUT2D eigenvalue weighted by molar-refractivity contribution is 9.10. The lowest BCUT2D eigenvalue weighted by atomic mass is 10.1. The van der Waals surface area contributed by atoms with Crippen LogP contribution in [0.4, 0.5) is 18.9 Å². The molecule has 0 heterocycles. The second-order valence-corrected chi connectivity index (χ2v) is 6.66. The summed E-state index contributed by atoms with van der Waals surface area (Å²) in [5, 5.41) is 11.4. The van der Waals surface area contributed by atoms with Gasteiger partial charge in [-0.25, -0.2) is 0 Å². The third-order valence-electron chi connectivity index (χ3n) is 3.67. The normalized spacial score (nSPS) is 10.8. The summed E-state index contributed by atoms with van der Waals surface area (Å²) in [6.45, 7) is 3.41. The third-order valence-corrected chi connectivity index (χ3v) is 4.26. The second-order valence-electron chi connectivity index (χ2n) is 5.81. The zero-order valence-corrected chi connectivity index (χ0v) is 17.7. The maximum atomic E-state index is 13.0. The van der Waals surface area contributed by atoms with E-state index in [2.05, 4.69) is 21.2 Å². The molecule has 0 bridgehead atoms. The van der Waals surface area contributed by atoms with Crippen molar-refractivity contribution in [3.05, 3.63) is 45.9 Å². The average Bonchev–Trinajstić information content (AvgIpc) is 2.68. The summed E-state index contributed by atoms with van der Waals surface area (Å²) >= 11 is 3.26. The van der Waals surface area contributed by atoms with Gasteiger partial charge in [-0.1, -0.05) is 0 Å². The molecule has 0 aliphatic heterocycles. The zero-order chi connectivity index (χ0) is 22.3. The largest absolute Gasteiger partial charge is 0.492 e. The fraction of sp³-hybridized carbons (Fsp3) is 0.300. The molecule has 0 aliphatic carbocycles. The van der Waals surface area contributed by atoms with Crippen LogP contribution in [-0.2, 0) is 11.0 Å². The van der Waals surface area contributed by atoms with Gasteiger partial charge in [-0.3, -0.25) is 4.79 Å². The van der Waals surface area contributed by atoms with E-state index in [0.29, 0.717) is 16.6 Å². The van der Waals surface area contributed by atoms with Crippen LogP contribution in [0.2, 0.25) is 0 Å². The first-order valence-corrected chi connectivity index (χ1v) is 9.62. The molecule has 0 unspecified atom stereocenters. The molecule has 0 saturated carbocycles. The number of nitrogens with one attached hydrogen (secondary N) is 1. The molecule has 0 aliphatic rings. The van der Waals surface area contributed by atoms with Crippen LogP contribution in [0.5, 0.6) is 17.2 Å². The van der Waals surface area contributed by atoms with Gasteiger partial charge in [0.05, 0.1) is 40.6 Å². The van der Waals surface area contributed by atoms with Crippen molar-refractivity contribution in [1.82, 2.24) is 0 Å². The van der Waals surface area contributed by atoms with Gasteiger partial charge < -0.3 is 19.5 Å². The molecule has 0 spiro atoms. The van der Waals surface area contributed by atoms with Crippen LogP contribution >= 0.6 is 15.9 Å². The molecule has 30 heavy (non-hydrogen) atoms. The molecule has 2 aromatic rings. The van der Waals surface area contributed by atoms with E-state index in [1.165, 1.54) is 12.1 Å². The van der Waals surface area contributed by atoms with Crippen molar-refractivity contribution < 1.29 is 32.2 Å². The van der Waals surface area contributed by atoms with E-state index in [4.69, 9.17) is 19.5 Å². The number of halogens is 4. The molecule has 1 amide bonds. The molecule has 6 nitrogen and oxygen atoms in total. The number of ether oxygens (including phenoxy) is 3. The van der Waals surface area contributed by atoms with Gasteiger partial charge >= 0.3 is 6.18 Å². The quantitative estimate of drug-likeness (QED) is 0.557. The van der Waals surface area contributed by atoms with E-state index < -0.39 is 24.3 Å². The number of hydrogen-bond acceptors (Lipinski definition) is 5. The van der Waals surface area contributed by atoms with Crippen LogP contribution in [0, 0.1) is 11.3 Å². The lowest BCUT2D eigenvalue weighted by Gasteiger charge is -2.16. The van der Waals surface area contributed by atoms with E-state index in [1.54, 1.807) is 13.8 Å². The number of hydrogen-bond donors (Lipinski definition) is 1. The Kier molecular flexibility index (Phi) is 7.94. The molecular weight excluding hydrogens is 469 g/mol. The zero-order valence-electron chi connectivity index (χ0n) is 16.1. The third kappa shape index (κ3) is 6.03. The Morgan fingerprint density at radius 3 is 2.37 bits per heavy atom. The molecular formula is C20H18BrF3N2O4. The standard InChI is InChI=1S/C20H18BrF3N2O4/c1-3-28-16-6-5-13(20(22,23)24)9-15(16)26-18(27)11-30-19-14(21)7-12(10-25)8-17(19)29-4-2/h5-9H,3-4,11H2,1-2H3,(H,26,27). The van der Waals surface area contributed by atoms with Crippen molar-refractivity contribution in [2.24, 2.45) is 0 Å². The Morgan fingerprint density at radius 1 is 1.10 bits per heavy atom. The van der Waals surface area contributed by atoms with Crippen LogP contribution in [0.1, 0.15) is 25.0 Å². The molecule has 0 aromatic heterocycles. The first-order chi connectivity index (χ1) is 14.2. The monoisotopic (exact) mass is 486 g/mol. The van der Waals surface area contributed by atoms with Crippen LogP contribution in [0.15, 0.2) is 34.8 Å². The summed E-state index contributed by atoms with van der Waals surface area (Å²) < 4.78 is 55.6. The van der Waals surface area contributed by atoms with Gasteiger partial charge in [0.15, 0.2) is 18.1 Å². The number of nitriles is 1. The van der Waals surface area contributed by atoms with Crippen LogP contribution in [0.3, 0.4) is 0 Å². The molecule has 10 heteroatoms. The molecule has 160 valence electrons. The Hall–Kier alpha value is -2.93. The predicted octanol–water partition coefficient (Wildman–Crippen LogP) is 5.15. The highest BCUT2D eigenvalue weighted by Crippen LogP contribution is 2.37. The van der Waals surface area contributed by atoms with E-state index >= 15 is 0 Å². The van der Waals surface area contributed by atoms with Gasteiger partial charge in [-0.15, -0.1) is 0 Å². The minimum absolute atomic E-state index is 0.105. The van der Waals surface area contributed by atoms with Crippen molar-refractivity contribution in [2.45, 2.75) is 20.0 Å².